The van der Waals surface area contributed by atoms with Crippen molar-refractivity contribution in [3.8, 4) is 0 Å². The van der Waals surface area contributed by atoms with Crippen LogP contribution in [0.15, 0.2) is 40.8 Å². The van der Waals surface area contributed by atoms with Crippen molar-refractivity contribution in [2.45, 2.75) is 25.9 Å². The topological polar surface area (TPSA) is 90.4 Å². The Labute approximate surface area is 191 Å². The van der Waals surface area contributed by atoms with E-state index in [-0.39, 0.29) is 25.2 Å². The van der Waals surface area contributed by atoms with Crippen molar-refractivity contribution in [2.24, 2.45) is 4.99 Å². The summed E-state index contributed by atoms with van der Waals surface area (Å²) in [6.07, 6.45) is -0.115. The molecule has 0 unspecified atom stereocenters. The highest BCUT2D eigenvalue weighted by atomic mass is 35.5. The van der Waals surface area contributed by atoms with Crippen LogP contribution in [0.2, 0.25) is 5.15 Å². The second kappa shape index (κ2) is 9.66. The molecule has 3 heterocycles. The molecule has 0 aromatic carbocycles. The zero-order valence-electron chi connectivity index (χ0n) is 17.7. The molecule has 0 saturated carbocycles. The Balaban J connectivity index is 1.96. The van der Waals surface area contributed by atoms with Crippen LogP contribution in [0.3, 0.4) is 0 Å². The molecule has 176 valence electrons. The minimum Gasteiger partial charge on any atom is -0.423 e. The van der Waals surface area contributed by atoms with Crippen molar-refractivity contribution >= 4 is 41.4 Å². The van der Waals surface area contributed by atoms with Crippen LogP contribution < -0.4 is 5.46 Å². The third kappa shape index (κ3) is 4.97. The Morgan fingerprint density at radius 3 is 2.61 bits per heavy atom. The summed E-state index contributed by atoms with van der Waals surface area (Å²) in [4.78, 5) is 22.1. The third-order valence-electron chi connectivity index (χ3n) is 5.12. The van der Waals surface area contributed by atoms with Crippen molar-refractivity contribution in [3.63, 3.8) is 0 Å². The molecule has 13 heteroatoms. The second-order valence-corrected chi connectivity index (χ2v) is 7.62. The molecule has 1 aliphatic rings. The van der Waals surface area contributed by atoms with E-state index in [1.165, 1.54) is 18.0 Å². The van der Waals surface area contributed by atoms with E-state index in [0.29, 0.717) is 18.1 Å². The van der Waals surface area contributed by atoms with Crippen LogP contribution in [0, 0.1) is 0 Å². The zero-order valence-corrected chi connectivity index (χ0v) is 18.5. The molecule has 2 N–H and O–H groups in total. The number of pyridine rings is 1. The Morgan fingerprint density at radius 1 is 1.39 bits per heavy atom. The number of rotatable bonds is 5. The predicted molar refractivity (Wildman–Crippen MR) is 116 cm³/mol. The van der Waals surface area contributed by atoms with Gasteiger partial charge in [-0.05, 0) is 36.0 Å². The van der Waals surface area contributed by atoms with Crippen LogP contribution >= 0.6 is 11.6 Å². The summed E-state index contributed by atoms with van der Waals surface area (Å²) in [5.74, 6) is -1.17. The Hall–Kier alpha value is -2.70. The zero-order chi connectivity index (χ0) is 24.5. The van der Waals surface area contributed by atoms with E-state index < -0.39 is 52.5 Å². The first-order valence-corrected chi connectivity index (χ1v) is 10.3. The maximum absolute atomic E-state index is 14.2. The number of hydrogen-bond donors (Lipinski definition) is 2. The molecule has 0 spiro atoms. The van der Waals surface area contributed by atoms with Crippen LogP contribution in [0.4, 0.5) is 17.6 Å². The Kier molecular flexibility index (Phi) is 7.30. The number of nitrogens with zero attached hydrogens (tertiary/aromatic N) is 4. The van der Waals surface area contributed by atoms with Gasteiger partial charge >= 0.3 is 13.3 Å². The van der Waals surface area contributed by atoms with Crippen molar-refractivity contribution in [2.75, 3.05) is 20.1 Å². The van der Waals surface area contributed by atoms with E-state index in [4.69, 9.17) is 11.6 Å². The molecule has 0 aliphatic carbocycles. The molecule has 2 aromatic heterocycles. The number of allylic oxidation sites excluding steroid dienone is 2. The highest BCUT2D eigenvalue weighted by Gasteiger charge is 2.37. The molecule has 0 radical (unpaired) electrons. The SMILES string of the molecule is CC/C=C(/F)C(=NC)C1=CCN(C(=O)c2nc3c(C(F)(F)F)cc(B(O)O)cn3c2Cl)CC1. The predicted octanol–water partition coefficient (Wildman–Crippen LogP) is 2.79. The first kappa shape index (κ1) is 24.9. The van der Waals surface area contributed by atoms with Crippen molar-refractivity contribution in [3.05, 3.63) is 52.2 Å². The van der Waals surface area contributed by atoms with Gasteiger partial charge in [0.05, 0.1) is 11.3 Å². The molecular formula is C20H20BClF4N4O3. The molecular weight excluding hydrogens is 467 g/mol. The van der Waals surface area contributed by atoms with Gasteiger partial charge < -0.3 is 14.9 Å². The van der Waals surface area contributed by atoms with Gasteiger partial charge in [0.15, 0.2) is 11.3 Å². The lowest BCUT2D eigenvalue weighted by molar-refractivity contribution is -0.136. The molecule has 33 heavy (non-hydrogen) atoms. The monoisotopic (exact) mass is 486 g/mol. The molecule has 1 amide bonds. The number of aromatic nitrogens is 2. The van der Waals surface area contributed by atoms with Gasteiger partial charge in [0, 0.05) is 26.3 Å². The Bertz CT molecular complexity index is 1170. The van der Waals surface area contributed by atoms with Crippen LogP contribution in [0.5, 0.6) is 0 Å². The summed E-state index contributed by atoms with van der Waals surface area (Å²) in [7, 11) is -0.724. The van der Waals surface area contributed by atoms with Crippen LogP contribution in [-0.4, -0.2) is 63.2 Å². The number of alkyl halides is 3. The molecule has 0 bridgehead atoms. The summed E-state index contributed by atoms with van der Waals surface area (Å²) in [5.41, 5.74) is -1.97. The van der Waals surface area contributed by atoms with Gasteiger partial charge in [-0.25, -0.2) is 9.37 Å². The first-order valence-electron chi connectivity index (χ1n) is 9.95. The van der Waals surface area contributed by atoms with E-state index in [0.717, 1.165) is 10.6 Å². The summed E-state index contributed by atoms with van der Waals surface area (Å²) in [6, 6.07) is 0.539. The van der Waals surface area contributed by atoms with Gasteiger partial charge in [-0.2, -0.15) is 13.2 Å². The maximum Gasteiger partial charge on any atom is 0.489 e. The highest BCUT2D eigenvalue weighted by molar-refractivity contribution is 6.58. The standard InChI is InChI=1S/C20H20BClF4N4O3/c1-3-4-14(23)15(27-2)11-5-7-29(8-6-11)19(31)16-17(22)30-10-12(21(32)33)9-13(18(30)28-16)20(24,25)26/h4-5,9-10,32-33H,3,6-8H2,1-2H3/b14-4+,27-15?. The average Bonchev–Trinajstić information content (AvgIpc) is 3.09. The minimum atomic E-state index is -4.88. The summed E-state index contributed by atoms with van der Waals surface area (Å²) < 4.78 is 55.6. The average molecular weight is 487 g/mol. The number of fused-ring (bicyclic) bond motifs is 1. The number of hydrogen-bond acceptors (Lipinski definition) is 5. The van der Waals surface area contributed by atoms with E-state index >= 15 is 0 Å². The maximum atomic E-state index is 14.2. The van der Waals surface area contributed by atoms with E-state index in [9.17, 15) is 32.4 Å². The Morgan fingerprint density at radius 2 is 2.09 bits per heavy atom. The summed E-state index contributed by atoms with van der Waals surface area (Å²) in [5, 5.41) is 18.3. The van der Waals surface area contributed by atoms with E-state index in [2.05, 4.69) is 9.98 Å². The lowest BCUT2D eigenvalue weighted by Crippen LogP contribution is -2.36. The number of aliphatic imine (C=N–C) groups is 1. The third-order valence-corrected chi connectivity index (χ3v) is 5.48. The highest BCUT2D eigenvalue weighted by Crippen LogP contribution is 2.34. The molecule has 3 rings (SSSR count). The fourth-order valence-corrected chi connectivity index (χ4v) is 3.77. The van der Waals surface area contributed by atoms with Gasteiger partial charge in [0.2, 0.25) is 0 Å². The van der Waals surface area contributed by atoms with Gasteiger partial charge in [-0.15, -0.1) is 0 Å². The number of amides is 1. The fraction of sp³-hybridized carbons (Fsp3) is 0.350. The summed E-state index contributed by atoms with van der Waals surface area (Å²) in [6.45, 7) is 2.00. The van der Waals surface area contributed by atoms with Crippen LogP contribution in [0.25, 0.3) is 5.65 Å². The lowest BCUT2D eigenvalue weighted by Gasteiger charge is -2.26. The molecule has 0 fully saturated rings. The van der Waals surface area contributed by atoms with Crippen molar-refractivity contribution in [1.29, 1.82) is 0 Å². The largest absolute Gasteiger partial charge is 0.489 e. The molecule has 7 nitrogen and oxygen atoms in total. The first-order chi connectivity index (χ1) is 15.5. The molecule has 2 aromatic rings. The van der Waals surface area contributed by atoms with Crippen LogP contribution in [-0.2, 0) is 6.18 Å². The van der Waals surface area contributed by atoms with Gasteiger partial charge in [0.25, 0.3) is 5.91 Å². The van der Waals surface area contributed by atoms with Crippen molar-refractivity contribution < 1.29 is 32.4 Å². The quantitative estimate of drug-likeness (QED) is 0.386. The van der Waals surface area contributed by atoms with Crippen molar-refractivity contribution in [1.82, 2.24) is 14.3 Å². The smallest absolute Gasteiger partial charge is 0.423 e. The minimum absolute atomic E-state index is 0.0591. The normalized spacial score (nSPS) is 15.8. The van der Waals surface area contributed by atoms with Gasteiger partial charge in [-0.1, -0.05) is 24.6 Å². The number of carbonyl (C=O) groups excluding carboxylic acids is 1. The van der Waals surface area contributed by atoms with E-state index in [1.807, 2.05) is 0 Å². The fourth-order valence-electron chi connectivity index (χ4n) is 3.52. The molecule has 0 saturated heterocycles. The molecule has 0 atom stereocenters. The number of imidazole rings is 1. The number of halogens is 5. The number of carbonyl (C=O) groups is 1. The molecule has 1 aliphatic heterocycles. The summed E-state index contributed by atoms with van der Waals surface area (Å²) >= 11 is 6.18. The van der Waals surface area contributed by atoms with Gasteiger partial charge in [-0.3, -0.25) is 14.2 Å². The second-order valence-electron chi connectivity index (χ2n) is 7.27. The van der Waals surface area contributed by atoms with E-state index in [1.54, 1.807) is 13.0 Å². The lowest BCUT2D eigenvalue weighted by atomic mass is 9.81. The van der Waals surface area contributed by atoms with Gasteiger partial charge in [0.1, 0.15) is 11.0 Å². The van der Waals surface area contributed by atoms with Crippen LogP contribution in [0.1, 0.15) is 35.8 Å².